The average molecular weight is 348 g/mol. The Morgan fingerprint density at radius 2 is 1.92 bits per heavy atom. The van der Waals surface area contributed by atoms with E-state index in [0.717, 1.165) is 39.4 Å². The Hall–Kier alpha value is -3.15. The van der Waals surface area contributed by atoms with Crippen LogP contribution < -0.4 is 10.6 Å². The van der Waals surface area contributed by atoms with Crippen molar-refractivity contribution in [3.63, 3.8) is 0 Å². The number of H-pyrrole nitrogens is 1. The van der Waals surface area contributed by atoms with E-state index in [0.29, 0.717) is 6.42 Å². The van der Waals surface area contributed by atoms with Crippen molar-refractivity contribution in [1.82, 2.24) is 9.97 Å². The van der Waals surface area contributed by atoms with Crippen molar-refractivity contribution >= 4 is 34.2 Å². The molecule has 132 valence electrons. The van der Waals surface area contributed by atoms with E-state index in [1.165, 1.54) is 6.92 Å². The molecule has 3 N–H and O–H groups in total. The van der Waals surface area contributed by atoms with E-state index in [4.69, 9.17) is 0 Å². The summed E-state index contributed by atoms with van der Waals surface area (Å²) in [4.78, 5) is 31.1. The predicted octanol–water partition coefficient (Wildman–Crippen LogP) is 3.81. The predicted molar refractivity (Wildman–Crippen MR) is 102 cm³/mol. The minimum atomic E-state index is -0.211. The molecule has 0 saturated carbocycles. The van der Waals surface area contributed by atoms with E-state index in [1.807, 2.05) is 30.3 Å². The highest BCUT2D eigenvalue weighted by atomic mass is 16.2. The maximum absolute atomic E-state index is 11.9. The molecule has 2 heterocycles. The second-order valence-electron chi connectivity index (χ2n) is 7.37. The molecule has 3 aromatic rings. The zero-order valence-corrected chi connectivity index (χ0v) is 14.9. The van der Waals surface area contributed by atoms with Crippen molar-refractivity contribution in [2.24, 2.45) is 0 Å². The highest BCUT2D eigenvalue weighted by molar-refractivity contribution is 5.98. The number of aromatic amines is 1. The van der Waals surface area contributed by atoms with E-state index in [9.17, 15) is 9.59 Å². The van der Waals surface area contributed by atoms with Crippen LogP contribution in [0.25, 0.3) is 22.4 Å². The van der Waals surface area contributed by atoms with Crippen LogP contribution in [0.1, 0.15) is 32.8 Å². The molecule has 2 aromatic carbocycles. The Labute approximate surface area is 151 Å². The van der Waals surface area contributed by atoms with Crippen molar-refractivity contribution in [1.29, 1.82) is 0 Å². The summed E-state index contributed by atoms with van der Waals surface area (Å²) in [7, 11) is 0. The number of anilines is 2. The van der Waals surface area contributed by atoms with Crippen LogP contribution in [0, 0.1) is 0 Å². The summed E-state index contributed by atoms with van der Waals surface area (Å²) in [6.07, 6.45) is 0.469. The number of amides is 2. The summed E-state index contributed by atoms with van der Waals surface area (Å²) in [5.74, 6) is 0.684. The van der Waals surface area contributed by atoms with E-state index in [2.05, 4.69) is 40.5 Å². The third kappa shape index (κ3) is 2.83. The lowest BCUT2D eigenvalue weighted by Gasteiger charge is -2.31. The van der Waals surface area contributed by atoms with Crippen LogP contribution >= 0.6 is 0 Å². The van der Waals surface area contributed by atoms with E-state index in [-0.39, 0.29) is 17.2 Å². The summed E-state index contributed by atoms with van der Waals surface area (Å²) in [5.41, 5.74) is 5.15. The Kier molecular flexibility index (Phi) is 3.57. The number of carbonyl (C=O) groups excluding carboxylic acids is 2. The molecule has 6 heteroatoms. The molecular weight excluding hydrogens is 328 g/mol. The van der Waals surface area contributed by atoms with Gasteiger partial charge >= 0.3 is 0 Å². The standard InChI is InChI=1S/C20H20N4O2/c1-11(25)21-13-6-4-12(5-7-13)19-23-16-8-14-15(9-17(16)24-19)22-18(26)10-20(14,2)3/h4-9H,10H2,1-3H3,(H,21,25)(H,22,26)(H,23,24). The first-order valence-corrected chi connectivity index (χ1v) is 8.54. The Balaban J connectivity index is 1.74. The second kappa shape index (κ2) is 5.69. The quantitative estimate of drug-likeness (QED) is 0.658. The summed E-state index contributed by atoms with van der Waals surface area (Å²) >= 11 is 0. The van der Waals surface area contributed by atoms with Crippen LogP contribution in [0.15, 0.2) is 36.4 Å². The van der Waals surface area contributed by atoms with Gasteiger partial charge in [-0.1, -0.05) is 13.8 Å². The summed E-state index contributed by atoms with van der Waals surface area (Å²) in [6, 6.07) is 11.5. The normalized spacial score (nSPS) is 15.4. The smallest absolute Gasteiger partial charge is 0.225 e. The van der Waals surface area contributed by atoms with Crippen molar-refractivity contribution in [2.75, 3.05) is 10.6 Å². The molecule has 6 nitrogen and oxygen atoms in total. The van der Waals surface area contributed by atoms with Gasteiger partial charge in [-0.25, -0.2) is 4.98 Å². The first-order chi connectivity index (χ1) is 12.3. The van der Waals surface area contributed by atoms with Gasteiger partial charge in [-0.2, -0.15) is 0 Å². The molecule has 4 rings (SSSR count). The number of aromatic nitrogens is 2. The lowest BCUT2D eigenvalue weighted by Crippen LogP contribution is -2.32. The number of hydrogen-bond acceptors (Lipinski definition) is 3. The van der Waals surface area contributed by atoms with Gasteiger partial charge in [0.2, 0.25) is 11.8 Å². The molecule has 0 spiro atoms. The van der Waals surface area contributed by atoms with Crippen molar-refractivity contribution in [3.8, 4) is 11.4 Å². The first kappa shape index (κ1) is 16.3. The number of fused-ring (bicyclic) bond motifs is 2. The Morgan fingerprint density at radius 1 is 1.19 bits per heavy atom. The first-order valence-electron chi connectivity index (χ1n) is 8.54. The number of nitrogens with zero attached hydrogens (tertiary/aromatic N) is 1. The van der Waals surface area contributed by atoms with Gasteiger partial charge in [0, 0.05) is 35.7 Å². The maximum Gasteiger partial charge on any atom is 0.225 e. The number of nitrogens with one attached hydrogen (secondary N) is 3. The Morgan fingerprint density at radius 3 is 2.62 bits per heavy atom. The number of rotatable bonds is 2. The van der Waals surface area contributed by atoms with Gasteiger partial charge in [0.05, 0.1) is 11.0 Å². The zero-order chi connectivity index (χ0) is 18.5. The van der Waals surface area contributed by atoms with Gasteiger partial charge in [0.15, 0.2) is 0 Å². The molecule has 0 fully saturated rings. The van der Waals surface area contributed by atoms with Crippen LogP contribution in [0.3, 0.4) is 0 Å². The fourth-order valence-electron chi connectivity index (χ4n) is 3.46. The van der Waals surface area contributed by atoms with Gasteiger partial charge in [-0.15, -0.1) is 0 Å². The van der Waals surface area contributed by atoms with Crippen molar-refractivity contribution < 1.29 is 9.59 Å². The monoisotopic (exact) mass is 348 g/mol. The van der Waals surface area contributed by atoms with Crippen molar-refractivity contribution in [2.45, 2.75) is 32.6 Å². The second-order valence-corrected chi connectivity index (χ2v) is 7.37. The minimum absolute atomic E-state index is 0.0335. The van der Waals surface area contributed by atoms with Gasteiger partial charge in [0.25, 0.3) is 0 Å². The molecule has 0 bridgehead atoms. The number of benzene rings is 2. The molecule has 0 saturated heterocycles. The molecular formula is C20H20N4O2. The fraction of sp³-hybridized carbons (Fsp3) is 0.250. The van der Waals surface area contributed by atoms with Crippen LogP contribution in [0.4, 0.5) is 11.4 Å². The van der Waals surface area contributed by atoms with Gasteiger partial charge in [-0.3, -0.25) is 9.59 Å². The molecule has 26 heavy (non-hydrogen) atoms. The third-order valence-electron chi connectivity index (χ3n) is 4.71. The Bertz CT molecular complexity index is 1030. The molecule has 2 amide bonds. The highest BCUT2D eigenvalue weighted by Crippen LogP contribution is 2.39. The molecule has 0 aliphatic carbocycles. The topological polar surface area (TPSA) is 86.9 Å². The van der Waals surface area contributed by atoms with Crippen LogP contribution in [0.5, 0.6) is 0 Å². The summed E-state index contributed by atoms with van der Waals surface area (Å²) in [6.45, 7) is 5.64. The highest BCUT2D eigenvalue weighted by Gasteiger charge is 2.32. The third-order valence-corrected chi connectivity index (χ3v) is 4.71. The molecule has 1 aliphatic heterocycles. The van der Waals surface area contributed by atoms with Gasteiger partial charge in [0.1, 0.15) is 5.82 Å². The maximum atomic E-state index is 11.9. The zero-order valence-electron chi connectivity index (χ0n) is 14.9. The number of carbonyl (C=O) groups is 2. The summed E-state index contributed by atoms with van der Waals surface area (Å²) in [5, 5.41) is 5.70. The molecule has 0 unspecified atom stereocenters. The van der Waals surface area contributed by atoms with Crippen LogP contribution in [-0.2, 0) is 15.0 Å². The molecule has 0 radical (unpaired) electrons. The number of imidazole rings is 1. The van der Waals surface area contributed by atoms with Gasteiger partial charge < -0.3 is 15.6 Å². The summed E-state index contributed by atoms with van der Waals surface area (Å²) < 4.78 is 0. The lowest BCUT2D eigenvalue weighted by atomic mass is 9.78. The van der Waals surface area contributed by atoms with Crippen LogP contribution in [-0.4, -0.2) is 21.8 Å². The van der Waals surface area contributed by atoms with E-state index < -0.39 is 0 Å². The number of hydrogen-bond donors (Lipinski definition) is 3. The molecule has 0 atom stereocenters. The minimum Gasteiger partial charge on any atom is -0.338 e. The average Bonchev–Trinajstić information content (AvgIpc) is 2.95. The van der Waals surface area contributed by atoms with Crippen molar-refractivity contribution in [3.05, 3.63) is 42.0 Å². The SMILES string of the molecule is CC(=O)Nc1ccc(-c2nc3cc4c(cc3[nH]2)C(C)(C)CC(=O)N4)cc1. The largest absolute Gasteiger partial charge is 0.338 e. The lowest BCUT2D eigenvalue weighted by molar-refractivity contribution is -0.117. The molecule has 1 aliphatic rings. The molecule has 1 aromatic heterocycles. The fourth-order valence-corrected chi connectivity index (χ4v) is 3.46. The van der Waals surface area contributed by atoms with E-state index in [1.54, 1.807) is 0 Å². The van der Waals surface area contributed by atoms with Crippen LogP contribution in [0.2, 0.25) is 0 Å². The van der Waals surface area contributed by atoms with E-state index >= 15 is 0 Å². The van der Waals surface area contributed by atoms with Gasteiger partial charge in [-0.05, 0) is 42.0 Å².